The number of halogens is 1. The van der Waals surface area contributed by atoms with E-state index in [4.69, 9.17) is 9.47 Å². The second-order valence-electron chi connectivity index (χ2n) is 5.87. The minimum atomic E-state index is 0.150. The van der Waals surface area contributed by atoms with E-state index < -0.39 is 0 Å². The highest BCUT2D eigenvalue weighted by atomic mass is 79.9. The number of rotatable bonds is 2. The van der Waals surface area contributed by atoms with Crippen LogP contribution in [0.1, 0.15) is 44.4 Å². The summed E-state index contributed by atoms with van der Waals surface area (Å²) in [6.07, 6.45) is 1.09. The fourth-order valence-electron chi connectivity index (χ4n) is 3.33. The summed E-state index contributed by atoms with van der Waals surface area (Å²) in [6.45, 7) is 8.97. The maximum absolute atomic E-state index is 5.91. The maximum atomic E-state index is 5.91. The Labute approximate surface area is 122 Å². The summed E-state index contributed by atoms with van der Waals surface area (Å²) in [5.41, 5.74) is 2.80. The van der Waals surface area contributed by atoms with Crippen molar-refractivity contribution >= 4 is 15.9 Å². The van der Waals surface area contributed by atoms with Crippen LogP contribution in [-0.2, 0) is 5.41 Å². The van der Waals surface area contributed by atoms with Crippen molar-refractivity contribution in [1.29, 1.82) is 0 Å². The van der Waals surface area contributed by atoms with Crippen molar-refractivity contribution in [2.75, 3.05) is 19.8 Å². The van der Waals surface area contributed by atoms with Crippen molar-refractivity contribution in [3.05, 3.63) is 21.7 Å². The van der Waals surface area contributed by atoms with Crippen molar-refractivity contribution in [3.8, 4) is 11.5 Å². The molecule has 0 aromatic heterocycles. The first-order chi connectivity index (χ1) is 9.04. The molecular weight excluding hydrogens is 306 g/mol. The van der Waals surface area contributed by atoms with Gasteiger partial charge in [-0.1, -0.05) is 36.7 Å². The summed E-state index contributed by atoms with van der Waals surface area (Å²) in [5.74, 6) is 1.82. The van der Waals surface area contributed by atoms with Gasteiger partial charge in [0, 0.05) is 16.1 Å². The first-order valence-corrected chi connectivity index (χ1v) is 7.69. The lowest BCUT2D eigenvalue weighted by Crippen LogP contribution is -2.22. The van der Waals surface area contributed by atoms with Crippen LogP contribution in [0.2, 0.25) is 0 Å². The number of hydrogen-bond acceptors (Lipinski definition) is 3. The predicted octanol–water partition coefficient (Wildman–Crippen LogP) is 3.55. The molecule has 1 atom stereocenters. The van der Waals surface area contributed by atoms with Crippen LogP contribution in [0.15, 0.2) is 10.5 Å². The highest BCUT2D eigenvalue weighted by molar-refractivity contribution is 9.10. The predicted molar refractivity (Wildman–Crippen MR) is 79.2 cm³/mol. The molecule has 2 aliphatic rings. The van der Waals surface area contributed by atoms with Crippen LogP contribution in [0.5, 0.6) is 11.5 Å². The standard InChI is InChI=1S/C15H20BrNO2/c1-4-17-10-8-15(2,3)13-9(16)7-11-14(12(10)13)19-6-5-18-11/h7,10,17H,4-6,8H2,1-3H3. The van der Waals surface area contributed by atoms with Gasteiger partial charge in [0.15, 0.2) is 11.5 Å². The molecule has 1 heterocycles. The molecule has 0 saturated heterocycles. The first-order valence-electron chi connectivity index (χ1n) is 6.90. The molecule has 1 aromatic rings. The van der Waals surface area contributed by atoms with Crippen LogP contribution in [0.25, 0.3) is 0 Å². The topological polar surface area (TPSA) is 30.5 Å². The molecule has 1 aromatic carbocycles. The van der Waals surface area contributed by atoms with Crippen molar-refractivity contribution < 1.29 is 9.47 Å². The molecule has 0 bridgehead atoms. The first kappa shape index (κ1) is 13.3. The third kappa shape index (κ3) is 2.05. The van der Waals surface area contributed by atoms with Crippen molar-refractivity contribution in [3.63, 3.8) is 0 Å². The fourth-order valence-corrected chi connectivity index (χ4v) is 4.29. The van der Waals surface area contributed by atoms with Crippen LogP contribution in [-0.4, -0.2) is 19.8 Å². The van der Waals surface area contributed by atoms with Crippen LogP contribution in [0.3, 0.4) is 0 Å². The molecule has 1 aliphatic carbocycles. The maximum Gasteiger partial charge on any atom is 0.166 e. The summed E-state index contributed by atoms with van der Waals surface area (Å²) in [6, 6.07) is 2.41. The largest absolute Gasteiger partial charge is 0.486 e. The van der Waals surface area contributed by atoms with Crippen molar-refractivity contribution in [2.24, 2.45) is 0 Å². The Morgan fingerprint density at radius 1 is 1.37 bits per heavy atom. The van der Waals surface area contributed by atoms with Gasteiger partial charge in [0.05, 0.1) is 0 Å². The van der Waals surface area contributed by atoms with E-state index in [9.17, 15) is 0 Å². The van der Waals surface area contributed by atoms with Gasteiger partial charge >= 0.3 is 0 Å². The average Bonchev–Trinajstić information content (AvgIpc) is 2.62. The Morgan fingerprint density at radius 3 is 2.84 bits per heavy atom. The van der Waals surface area contributed by atoms with E-state index in [2.05, 4.69) is 48.1 Å². The van der Waals surface area contributed by atoms with Gasteiger partial charge in [0.2, 0.25) is 0 Å². The second kappa shape index (κ2) is 4.67. The molecule has 0 saturated carbocycles. The molecule has 0 amide bonds. The van der Waals surface area contributed by atoms with E-state index in [-0.39, 0.29) is 5.41 Å². The van der Waals surface area contributed by atoms with E-state index in [0.29, 0.717) is 19.3 Å². The molecule has 104 valence electrons. The fraction of sp³-hybridized carbons (Fsp3) is 0.600. The summed E-state index contributed by atoms with van der Waals surface area (Å²) < 4.78 is 12.8. The van der Waals surface area contributed by atoms with Crippen LogP contribution < -0.4 is 14.8 Å². The Balaban J connectivity index is 2.20. The summed E-state index contributed by atoms with van der Waals surface area (Å²) in [5, 5.41) is 3.58. The number of nitrogens with one attached hydrogen (secondary N) is 1. The molecule has 0 radical (unpaired) electrons. The molecule has 1 N–H and O–H groups in total. The quantitative estimate of drug-likeness (QED) is 0.901. The van der Waals surface area contributed by atoms with Gasteiger partial charge in [-0.05, 0) is 30.0 Å². The van der Waals surface area contributed by atoms with Gasteiger partial charge in [0.1, 0.15) is 13.2 Å². The molecular formula is C15H20BrNO2. The normalized spacial score (nSPS) is 23.3. The Morgan fingerprint density at radius 2 is 2.11 bits per heavy atom. The molecule has 19 heavy (non-hydrogen) atoms. The van der Waals surface area contributed by atoms with Gasteiger partial charge in [-0.15, -0.1) is 0 Å². The minimum Gasteiger partial charge on any atom is -0.486 e. The zero-order valence-electron chi connectivity index (χ0n) is 11.7. The third-order valence-electron chi connectivity index (χ3n) is 4.01. The summed E-state index contributed by atoms with van der Waals surface area (Å²) in [4.78, 5) is 0. The monoisotopic (exact) mass is 325 g/mol. The van der Waals surface area contributed by atoms with E-state index in [1.165, 1.54) is 11.1 Å². The van der Waals surface area contributed by atoms with Gasteiger partial charge in [0.25, 0.3) is 0 Å². The second-order valence-corrected chi connectivity index (χ2v) is 6.72. The zero-order chi connectivity index (χ0) is 13.6. The van der Waals surface area contributed by atoms with Gasteiger partial charge in [-0.2, -0.15) is 0 Å². The van der Waals surface area contributed by atoms with Crippen molar-refractivity contribution in [2.45, 2.75) is 38.6 Å². The van der Waals surface area contributed by atoms with E-state index in [0.717, 1.165) is 28.9 Å². The summed E-state index contributed by atoms with van der Waals surface area (Å²) >= 11 is 3.72. The minimum absolute atomic E-state index is 0.150. The Bertz CT molecular complexity index is 513. The smallest absolute Gasteiger partial charge is 0.166 e. The highest BCUT2D eigenvalue weighted by Crippen LogP contribution is 2.54. The Hall–Kier alpha value is -0.740. The molecule has 1 unspecified atom stereocenters. The summed E-state index contributed by atoms with van der Waals surface area (Å²) in [7, 11) is 0. The van der Waals surface area contributed by atoms with E-state index in [1.54, 1.807) is 0 Å². The third-order valence-corrected chi connectivity index (χ3v) is 4.64. The van der Waals surface area contributed by atoms with Crippen LogP contribution >= 0.6 is 15.9 Å². The molecule has 0 fully saturated rings. The van der Waals surface area contributed by atoms with Crippen LogP contribution in [0, 0.1) is 0 Å². The van der Waals surface area contributed by atoms with Gasteiger partial charge < -0.3 is 14.8 Å². The molecule has 4 heteroatoms. The highest BCUT2D eigenvalue weighted by Gasteiger charge is 2.42. The van der Waals surface area contributed by atoms with Gasteiger partial charge in [-0.25, -0.2) is 0 Å². The van der Waals surface area contributed by atoms with Crippen molar-refractivity contribution in [1.82, 2.24) is 5.32 Å². The lowest BCUT2D eigenvalue weighted by molar-refractivity contribution is 0.169. The SMILES string of the molecule is CCNC1CC(C)(C)c2c(Br)cc3c(c21)OCCO3. The molecule has 3 nitrogen and oxygen atoms in total. The van der Waals surface area contributed by atoms with E-state index in [1.807, 2.05) is 0 Å². The van der Waals surface area contributed by atoms with E-state index >= 15 is 0 Å². The Kier molecular flexibility index (Phi) is 3.26. The van der Waals surface area contributed by atoms with Gasteiger partial charge in [-0.3, -0.25) is 0 Å². The number of ether oxygens (including phenoxy) is 2. The zero-order valence-corrected chi connectivity index (χ0v) is 13.3. The number of benzene rings is 1. The van der Waals surface area contributed by atoms with Crippen LogP contribution in [0.4, 0.5) is 0 Å². The molecule has 3 rings (SSSR count). The molecule has 1 aliphatic heterocycles. The lowest BCUT2D eigenvalue weighted by Gasteiger charge is -2.25. The lowest BCUT2D eigenvalue weighted by atomic mass is 9.86. The average molecular weight is 326 g/mol. The number of hydrogen-bond donors (Lipinski definition) is 1. The molecule has 0 spiro atoms. The number of fused-ring (bicyclic) bond motifs is 3.